The van der Waals surface area contributed by atoms with Gasteiger partial charge in [0.15, 0.2) is 11.2 Å². The first kappa shape index (κ1) is 38.0. The summed E-state index contributed by atoms with van der Waals surface area (Å²) in [4.78, 5) is 36.0. The van der Waals surface area contributed by atoms with Gasteiger partial charge in [-0.15, -0.1) is 11.8 Å². The standard InChI is InChI=1S/C38H37F3O8S/c1-3-11-29-31(18-17-27(23(2)42)36(29)45)48-19-9-7-5-4-6-8-14-34(35(44)24-12-10-13-25(20-24)38(39,40)41)50-26-15-16-28-30(43)22-33(37(46)47)49-32(28)21-26/h4,6,8,10,12-18,20-22,34-35,44-45H,3,5,7,9,11,19H2,1-2H3,(H,46,47)/b6-4+,14-8+/t34?,35-/m1/s1. The van der Waals surface area contributed by atoms with Gasteiger partial charge in [0.05, 0.1) is 34.5 Å². The molecule has 0 saturated carbocycles. The zero-order chi connectivity index (χ0) is 36.4. The normalized spacial score (nSPS) is 13.2. The fourth-order valence-corrected chi connectivity index (χ4v) is 6.28. The zero-order valence-electron chi connectivity index (χ0n) is 27.4. The van der Waals surface area contributed by atoms with E-state index in [1.165, 1.54) is 31.2 Å². The minimum Gasteiger partial charge on any atom is -0.507 e. The molecule has 0 bridgehead atoms. The summed E-state index contributed by atoms with van der Waals surface area (Å²) in [5.41, 5.74) is -0.485. The Morgan fingerprint density at radius 2 is 1.82 bits per heavy atom. The Kier molecular flexibility index (Phi) is 13.1. The van der Waals surface area contributed by atoms with Crippen molar-refractivity contribution in [3.8, 4) is 11.5 Å². The second-order valence-corrected chi connectivity index (χ2v) is 12.7. The number of aromatic hydroxyl groups is 1. The van der Waals surface area contributed by atoms with Gasteiger partial charge in [0.2, 0.25) is 5.76 Å². The lowest BCUT2D eigenvalue weighted by Crippen LogP contribution is -2.14. The molecule has 0 fully saturated rings. The number of phenols is 1. The van der Waals surface area contributed by atoms with Gasteiger partial charge < -0.3 is 24.5 Å². The number of allylic oxidation sites excluding steroid dienone is 3. The molecule has 264 valence electrons. The Morgan fingerprint density at radius 3 is 2.52 bits per heavy atom. The minimum absolute atomic E-state index is 0.0199. The third-order valence-corrected chi connectivity index (χ3v) is 8.95. The number of hydrogen-bond donors (Lipinski definition) is 3. The lowest BCUT2D eigenvalue weighted by atomic mass is 10.0. The molecular formula is C38H37F3O8S. The van der Waals surface area contributed by atoms with E-state index in [0.29, 0.717) is 42.1 Å². The van der Waals surface area contributed by atoms with Crippen molar-refractivity contribution < 1.29 is 47.2 Å². The summed E-state index contributed by atoms with van der Waals surface area (Å²) in [6.07, 6.45) is 4.56. The number of aromatic carboxylic acids is 1. The Balaban J connectivity index is 1.44. The van der Waals surface area contributed by atoms with Crippen molar-refractivity contribution in [1.29, 1.82) is 0 Å². The largest absolute Gasteiger partial charge is 0.507 e. The van der Waals surface area contributed by atoms with E-state index in [9.17, 15) is 42.9 Å². The van der Waals surface area contributed by atoms with Crippen molar-refractivity contribution in [3.63, 3.8) is 0 Å². The highest BCUT2D eigenvalue weighted by Crippen LogP contribution is 2.37. The topological polar surface area (TPSA) is 134 Å². The Morgan fingerprint density at radius 1 is 1.04 bits per heavy atom. The van der Waals surface area contributed by atoms with Crippen LogP contribution < -0.4 is 10.2 Å². The molecule has 0 aliphatic rings. The van der Waals surface area contributed by atoms with Crippen LogP contribution >= 0.6 is 11.8 Å². The van der Waals surface area contributed by atoms with Crippen LogP contribution in [-0.2, 0) is 12.6 Å². The van der Waals surface area contributed by atoms with E-state index in [4.69, 9.17) is 9.15 Å². The summed E-state index contributed by atoms with van der Waals surface area (Å²) in [7, 11) is 0. The Labute approximate surface area is 290 Å². The van der Waals surface area contributed by atoms with Gasteiger partial charge in [0.1, 0.15) is 17.1 Å². The molecule has 0 spiro atoms. The number of carboxylic acids is 1. The van der Waals surface area contributed by atoms with E-state index in [2.05, 4.69) is 0 Å². The fourth-order valence-electron chi connectivity index (χ4n) is 5.19. The molecule has 1 aromatic heterocycles. The molecule has 4 aromatic rings. The van der Waals surface area contributed by atoms with Crippen molar-refractivity contribution >= 4 is 34.5 Å². The van der Waals surface area contributed by atoms with Crippen molar-refractivity contribution in [2.45, 2.75) is 68.4 Å². The van der Waals surface area contributed by atoms with Crippen LogP contribution in [0.25, 0.3) is 11.0 Å². The second-order valence-electron chi connectivity index (χ2n) is 11.5. The number of fused-ring (bicyclic) bond motifs is 1. The average Bonchev–Trinajstić information content (AvgIpc) is 3.07. The van der Waals surface area contributed by atoms with Crippen LogP contribution in [0, 0.1) is 0 Å². The van der Waals surface area contributed by atoms with Gasteiger partial charge in [-0.05, 0) is 80.6 Å². The van der Waals surface area contributed by atoms with Gasteiger partial charge in [-0.25, -0.2) is 4.79 Å². The van der Waals surface area contributed by atoms with Crippen molar-refractivity contribution in [1.82, 2.24) is 0 Å². The van der Waals surface area contributed by atoms with Gasteiger partial charge >= 0.3 is 12.1 Å². The minimum atomic E-state index is -4.60. The maximum Gasteiger partial charge on any atom is 0.416 e. The number of alkyl halides is 3. The first-order valence-corrected chi connectivity index (χ1v) is 16.8. The number of aliphatic hydroxyl groups excluding tert-OH is 1. The van der Waals surface area contributed by atoms with Crippen LogP contribution in [0.5, 0.6) is 11.5 Å². The lowest BCUT2D eigenvalue weighted by Gasteiger charge is -2.21. The summed E-state index contributed by atoms with van der Waals surface area (Å²) < 4.78 is 51.6. The first-order valence-electron chi connectivity index (χ1n) is 15.9. The van der Waals surface area contributed by atoms with E-state index >= 15 is 0 Å². The number of carboxylic acid groups (broad SMARTS) is 1. The van der Waals surface area contributed by atoms with Gasteiger partial charge in [0, 0.05) is 16.5 Å². The quantitative estimate of drug-likeness (QED) is 0.0451. The second kappa shape index (κ2) is 17.2. The molecule has 0 aliphatic heterocycles. The molecular weight excluding hydrogens is 673 g/mol. The summed E-state index contributed by atoms with van der Waals surface area (Å²) in [5.74, 6) is -1.66. The number of phenolic OH excluding ortho intramolecular Hbond substituents is 1. The molecule has 3 N–H and O–H groups in total. The zero-order valence-corrected chi connectivity index (χ0v) is 28.2. The van der Waals surface area contributed by atoms with E-state index in [1.54, 1.807) is 36.4 Å². The third-order valence-electron chi connectivity index (χ3n) is 7.74. The number of ether oxygens (including phenoxy) is 1. The Bertz CT molecular complexity index is 1950. The first-order chi connectivity index (χ1) is 23.8. The van der Waals surface area contributed by atoms with E-state index in [1.807, 2.05) is 13.0 Å². The third kappa shape index (κ3) is 9.88. The molecule has 0 radical (unpaired) electrons. The van der Waals surface area contributed by atoms with Crippen molar-refractivity contribution in [2.24, 2.45) is 0 Å². The summed E-state index contributed by atoms with van der Waals surface area (Å²) in [5, 5.41) is 30.4. The van der Waals surface area contributed by atoms with Crippen LogP contribution in [0.15, 0.2) is 99.1 Å². The molecule has 50 heavy (non-hydrogen) atoms. The summed E-state index contributed by atoms with van der Waals surface area (Å²) in [6, 6.07) is 13.1. The molecule has 8 nitrogen and oxygen atoms in total. The number of unbranched alkanes of at least 4 members (excludes halogenated alkanes) is 2. The predicted molar refractivity (Wildman–Crippen MR) is 185 cm³/mol. The SMILES string of the molecule is CCCc1c(OCCCC/C=C/C=C/C(Sc2ccc3c(=O)cc(C(=O)O)oc3c2)[C@H](O)c2cccc(C(F)(F)F)c2)ccc(C(C)=O)c1O. The molecule has 0 aliphatic carbocycles. The molecule has 0 saturated heterocycles. The molecule has 0 amide bonds. The summed E-state index contributed by atoms with van der Waals surface area (Å²) >= 11 is 1.11. The van der Waals surface area contributed by atoms with Crippen LogP contribution in [0.4, 0.5) is 13.2 Å². The van der Waals surface area contributed by atoms with Crippen LogP contribution in [0.2, 0.25) is 0 Å². The number of carbonyl (C=O) groups excluding carboxylic acids is 1. The number of benzene rings is 3. The maximum atomic E-state index is 13.4. The Hall–Kier alpha value is -4.81. The monoisotopic (exact) mass is 710 g/mol. The van der Waals surface area contributed by atoms with Gasteiger partial charge in [0.25, 0.3) is 0 Å². The number of aliphatic hydroxyl groups is 1. The molecule has 1 heterocycles. The highest BCUT2D eigenvalue weighted by atomic mass is 32.2. The number of halogens is 3. The lowest BCUT2D eigenvalue weighted by molar-refractivity contribution is -0.137. The maximum absolute atomic E-state index is 13.4. The summed E-state index contributed by atoms with van der Waals surface area (Å²) in [6.45, 7) is 3.78. The molecule has 3 aromatic carbocycles. The van der Waals surface area contributed by atoms with Crippen LogP contribution in [-0.4, -0.2) is 38.9 Å². The van der Waals surface area contributed by atoms with E-state index < -0.39 is 40.3 Å². The van der Waals surface area contributed by atoms with Crippen molar-refractivity contribution in [3.05, 3.63) is 123 Å². The average molecular weight is 711 g/mol. The molecule has 1 unspecified atom stereocenters. The van der Waals surface area contributed by atoms with Gasteiger partial charge in [-0.3, -0.25) is 9.59 Å². The van der Waals surface area contributed by atoms with E-state index in [0.717, 1.165) is 42.8 Å². The van der Waals surface area contributed by atoms with Gasteiger partial charge in [-0.1, -0.05) is 49.8 Å². The van der Waals surface area contributed by atoms with Crippen LogP contribution in [0.3, 0.4) is 0 Å². The smallest absolute Gasteiger partial charge is 0.416 e. The molecule has 4 rings (SSSR count). The van der Waals surface area contributed by atoms with E-state index in [-0.39, 0.29) is 33.6 Å². The number of rotatable bonds is 16. The van der Waals surface area contributed by atoms with Crippen molar-refractivity contribution in [2.75, 3.05) is 6.61 Å². The molecule has 12 heteroatoms. The number of hydrogen-bond acceptors (Lipinski definition) is 8. The number of Topliss-reactive ketones (excluding diaryl/α,β-unsaturated/α-hetero) is 1. The fraction of sp³-hybridized carbons (Fsp3) is 0.289. The van der Waals surface area contributed by atoms with Crippen LogP contribution in [0.1, 0.15) is 83.2 Å². The number of carbonyl (C=O) groups is 2. The number of ketones is 1. The highest BCUT2D eigenvalue weighted by molar-refractivity contribution is 8.00. The van der Waals surface area contributed by atoms with Gasteiger partial charge in [-0.2, -0.15) is 13.2 Å². The highest BCUT2D eigenvalue weighted by Gasteiger charge is 2.31. The molecule has 2 atom stereocenters. The predicted octanol–water partition coefficient (Wildman–Crippen LogP) is 8.93. The number of thioether (sulfide) groups is 1.